The van der Waals surface area contributed by atoms with E-state index in [4.69, 9.17) is 0 Å². The van der Waals surface area contributed by atoms with E-state index in [-0.39, 0.29) is 0 Å². The van der Waals surface area contributed by atoms with Crippen LogP contribution in [-0.2, 0) is 4.79 Å². The number of amides is 1. The molecule has 0 aromatic heterocycles. The van der Waals surface area contributed by atoms with Gasteiger partial charge in [0.15, 0.2) is 0 Å². The third-order valence-corrected chi connectivity index (χ3v) is 3.87. The second-order valence-electron chi connectivity index (χ2n) is 5.05. The molecule has 2 aliphatic rings. The van der Waals surface area contributed by atoms with E-state index in [1.807, 2.05) is 4.90 Å². The van der Waals surface area contributed by atoms with Gasteiger partial charge < -0.3 is 4.90 Å². The van der Waals surface area contributed by atoms with E-state index in [0.717, 1.165) is 6.54 Å². The summed E-state index contributed by atoms with van der Waals surface area (Å²) in [4.78, 5) is 16.1. The third-order valence-electron chi connectivity index (χ3n) is 3.87. The van der Waals surface area contributed by atoms with E-state index in [1.165, 1.54) is 19.3 Å². The summed E-state index contributed by atoms with van der Waals surface area (Å²) >= 11 is 0. The lowest BCUT2D eigenvalue weighted by Crippen LogP contribution is -2.67. The molecule has 0 bridgehead atoms. The van der Waals surface area contributed by atoms with E-state index < -0.39 is 0 Å². The average molecular weight is 196 g/mol. The Labute approximate surface area is 86.1 Å². The van der Waals surface area contributed by atoms with E-state index in [2.05, 4.69) is 25.8 Å². The maximum absolute atomic E-state index is 11.8. The van der Waals surface area contributed by atoms with Crippen molar-refractivity contribution in [1.82, 2.24) is 9.80 Å². The molecule has 1 aliphatic carbocycles. The second-order valence-corrected chi connectivity index (χ2v) is 5.05. The predicted molar refractivity (Wildman–Crippen MR) is 56.1 cm³/mol. The zero-order valence-electron chi connectivity index (χ0n) is 9.42. The van der Waals surface area contributed by atoms with Crippen LogP contribution in [0.2, 0.25) is 0 Å². The van der Waals surface area contributed by atoms with E-state index >= 15 is 0 Å². The summed E-state index contributed by atoms with van der Waals surface area (Å²) in [5, 5.41) is 0. The molecule has 1 spiro atoms. The molecule has 0 atom stereocenters. The van der Waals surface area contributed by atoms with Crippen LogP contribution in [0.3, 0.4) is 0 Å². The van der Waals surface area contributed by atoms with Crippen molar-refractivity contribution in [2.75, 3.05) is 20.1 Å². The van der Waals surface area contributed by atoms with Crippen LogP contribution < -0.4 is 0 Å². The van der Waals surface area contributed by atoms with Crippen molar-refractivity contribution < 1.29 is 4.79 Å². The van der Waals surface area contributed by atoms with Gasteiger partial charge in [-0.1, -0.05) is 0 Å². The number of nitrogens with zero attached hydrogens (tertiary/aromatic N) is 2. The number of rotatable bonds is 1. The van der Waals surface area contributed by atoms with Gasteiger partial charge in [-0.2, -0.15) is 0 Å². The summed E-state index contributed by atoms with van der Waals surface area (Å²) in [6, 6.07) is 0.355. The molecule has 0 N–H and O–H groups in total. The van der Waals surface area contributed by atoms with Gasteiger partial charge in [-0.25, -0.2) is 0 Å². The monoisotopic (exact) mass is 196 g/mol. The largest absolute Gasteiger partial charge is 0.337 e. The summed E-state index contributed by atoms with van der Waals surface area (Å²) in [5.41, 5.74) is 0.332. The lowest BCUT2D eigenvalue weighted by Gasteiger charge is -2.55. The van der Waals surface area contributed by atoms with Gasteiger partial charge >= 0.3 is 0 Å². The summed E-state index contributed by atoms with van der Waals surface area (Å²) in [5.74, 6) is 0.292. The molecule has 2 fully saturated rings. The number of hydrogen-bond acceptors (Lipinski definition) is 2. The first kappa shape index (κ1) is 9.97. The highest BCUT2D eigenvalue weighted by Gasteiger charge is 2.47. The van der Waals surface area contributed by atoms with Crippen LogP contribution in [0.15, 0.2) is 0 Å². The van der Waals surface area contributed by atoms with Crippen LogP contribution in [0.25, 0.3) is 0 Å². The summed E-state index contributed by atoms with van der Waals surface area (Å²) < 4.78 is 0. The van der Waals surface area contributed by atoms with Gasteiger partial charge in [-0.15, -0.1) is 0 Å². The van der Waals surface area contributed by atoms with Crippen molar-refractivity contribution in [3.63, 3.8) is 0 Å². The molecule has 1 amide bonds. The molecule has 1 aliphatic heterocycles. The number of carbonyl (C=O) groups excluding carboxylic acids is 1. The Kier molecular flexibility index (Phi) is 2.30. The van der Waals surface area contributed by atoms with Crippen LogP contribution in [0.1, 0.15) is 33.1 Å². The fraction of sp³-hybridized carbons (Fsp3) is 0.909. The fourth-order valence-corrected chi connectivity index (χ4v) is 2.58. The number of hydrogen-bond donors (Lipinski definition) is 0. The molecule has 0 unspecified atom stereocenters. The van der Waals surface area contributed by atoms with Crippen molar-refractivity contribution in [3.05, 3.63) is 0 Å². The Balaban J connectivity index is 2.12. The maximum Gasteiger partial charge on any atom is 0.237 e. The Morgan fingerprint density at radius 3 is 2.43 bits per heavy atom. The van der Waals surface area contributed by atoms with Gasteiger partial charge in [-0.05, 0) is 40.2 Å². The Bertz CT molecular complexity index is 246. The van der Waals surface area contributed by atoms with Crippen LogP contribution in [0.5, 0.6) is 0 Å². The fourth-order valence-electron chi connectivity index (χ4n) is 2.58. The van der Waals surface area contributed by atoms with Crippen molar-refractivity contribution >= 4 is 5.91 Å². The molecular weight excluding hydrogens is 176 g/mol. The normalized spacial score (nSPS) is 27.1. The number of carbonyl (C=O) groups is 1. The van der Waals surface area contributed by atoms with Crippen LogP contribution >= 0.6 is 0 Å². The first-order valence-corrected chi connectivity index (χ1v) is 5.56. The Morgan fingerprint density at radius 1 is 1.36 bits per heavy atom. The summed E-state index contributed by atoms with van der Waals surface area (Å²) in [7, 11) is 2.09. The van der Waals surface area contributed by atoms with E-state index in [0.29, 0.717) is 24.0 Å². The zero-order chi connectivity index (χ0) is 10.3. The van der Waals surface area contributed by atoms with Gasteiger partial charge in [0.25, 0.3) is 0 Å². The lowest BCUT2D eigenvalue weighted by molar-refractivity contribution is -0.149. The number of likely N-dealkylation sites (N-methyl/N-ethyl adjacent to an activating group) is 1. The summed E-state index contributed by atoms with van der Waals surface area (Å²) in [6.07, 6.45) is 3.85. The van der Waals surface area contributed by atoms with Gasteiger partial charge in [0, 0.05) is 18.1 Å². The average Bonchev–Trinajstić information content (AvgIpc) is 2.00. The minimum absolute atomic E-state index is 0.292. The molecule has 1 heterocycles. The van der Waals surface area contributed by atoms with Crippen LogP contribution in [-0.4, -0.2) is 47.4 Å². The third kappa shape index (κ3) is 1.34. The van der Waals surface area contributed by atoms with Crippen molar-refractivity contribution in [3.8, 4) is 0 Å². The molecule has 2 rings (SSSR count). The van der Waals surface area contributed by atoms with Gasteiger partial charge in [0.1, 0.15) is 0 Å². The van der Waals surface area contributed by atoms with Crippen LogP contribution in [0, 0.1) is 0 Å². The second kappa shape index (κ2) is 3.23. The zero-order valence-corrected chi connectivity index (χ0v) is 9.42. The molecule has 3 nitrogen and oxygen atoms in total. The van der Waals surface area contributed by atoms with Crippen LogP contribution in [0.4, 0.5) is 0 Å². The Hall–Kier alpha value is -0.570. The SMILES string of the molecule is CC(C)N1CC2(CCC2)N(C)CC1=O. The summed E-state index contributed by atoms with van der Waals surface area (Å²) in [6.45, 7) is 5.77. The quantitative estimate of drug-likeness (QED) is 0.627. The molecule has 0 radical (unpaired) electrons. The molecule has 80 valence electrons. The maximum atomic E-state index is 11.8. The van der Waals surface area contributed by atoms with Gasteiger partial charge in [-0.3, -0.25) is 9.69 Å². The highest BCUT2D eigenvalue weighted by molar-refractivity contribution is 5.79. The smallest absolute Gasteiger partial charge is 0.237 e. The van der Waals surface area contributed by atoms with Crippen molar-refractivity contribution in [1.29, 1.82) is 0 Å². The standard InChI is InChI=1S/C11H20N2O/c1-9(2)13-8-11(5-4-6-11)12(3)7-10(13)14/h9H,4-8H2,1-3H3. The molecule has 0 aromatic carbocycles. The van der Waals surface area contributed by atoms with E-state index in [9.17, 15) is 4.79 Å². The first-order chi connectivity index (χ1) is 6.55. The molecule has 14 heavy (non-hydrogen) atoms. The van der Waals surface area contributed by atoms with Crippen molar-refractivity contribution in [2.24, 2.45) is 0 Å². The predicted octanol–water partition coefficient (Wildman–Crippen LogP) is 1.09. The van der Waals surface area contributed by atoms with E-state index in [1.54, 1.807) is 0 Å². The molecule has 1 saturated carbocycles. The van der Waals surface area contributed by atoms with Gasteiger partial charge in [0.2, 0.25) is 5.91 Å². The first-order valence-electron chi connectivity index (χ1n) is 5.56. The lowest BCUT2D eigenvalue weighted by atomic mass is 9.73. The molecular formula is C11H20N2O. The topological polar surface area (TPSA) is 23.6 Å². The number of piperazine rings is 1. The molecule has 3 heteroatoms. The highest BCUT2D eigenvalue weighted by atomic mass is 16.2. The molecule has 1 saturated heterocycles. The molecule has 0 aromatic rings. The highest BCUT2D eigenvalue weighted by Crippen LogP contribution is 2.39. The van der Waals surface area contributed by atoms with Crippen molar-refractivity contribution in [2.45, 2.75) is 44.7 Å². The minimum atomic E-state index is 0.292. The van der Waals surface area contributed by atoms with Gasteiger partial charge in [0.05, 0.1) is 6.54 Å². The minimum Gasteiger partial charge on any atom is -0.337 e. The Morgan fingerprint density at radius 2 is 2.00 bits per heavy atom.